The number of nitro groups is 1. The lowest BCUT2D eigenvalue weighted by atomic mass is 9.82. The largest absolute Gasteiger partial charge is 0.393 e. The molecule has 0 atom stereocenters. The molecule has 7 nitrogen and oxygen atoms in total. The minimum absolute atomic E-state index is 0.119. The Kier molecular flexibility index (Phi) is 4.19. The number of carbonyl (C=O) groups is 1. The summed E-state index contributed by atoms with van der Waals surface area (Å²) in [5.74, 6) is -0.0232. The first-order valence-corrected chi connectivity index (χ1v) is 6.43. The van der Waals surface area contributed by atoms with Gasteiger partial charge >= 0.3 is 0 Å². The molecule has 2 rings (SSSR count). The predicted octanol–water partition coefficient (Wildman–Crippen LogP) is 1.14. The maximum Gasteiger partial charge on any atom is 0.293 e. The number of hydrogen-bond acceptors (Lipinski definition) is 5. The predicted molar refractivity (Wildman–Crippen MR) is 73.7 cm³/mol. The van der Waals surface area contributed by atoms with Crippen molar-refractivity contribution in [2.24, 2.45) is 5.92 Å². The molecular weight excluding hydrogens is 262 g/mol. The lowest BCUT2D eigenvalue weighted by Gasteiger charge is -2.31. The third-order valence-electron chi connectivity index (χ3n) is 3.48. The highest BCUT2D eigenvalue weighted by Gasteiger charge is 2.27. The van der Waals surface area contributed by atoms with Crippen molar-refractivity contribution in [3.05, 3.63) is 33.9 Å². The fourth-order valence-corrected chi connectivity index (χ4v) is 2.24. The van der Waals surface area contributed by atoms with E-state index in [1.54, 1.807) is 6.07 Å². The fraction of sp³-hybridized carbons (Fsp3) is 0.462. The number of carbonyl (C=O) groups excluding carboxylic acids is 1. The van der Waals surface area contributed by atoms with E-state index in [9.17, 15) is 20.0 Å². The Bertz CT molecular complexity index is 526. The zero-order valence-electron chi connectivity index (χ0n) is 11.1. The van der Waals surface area contributed by atoms with Gasteiger partial charge in [0.25, 0.3) is 11.6 Å². The number of aliphatic hydroxyl groups excluding tert-OH is 1. The average Bonchev–Trinajstić information content (AvgIpc) is 2.41. The smallest absolute Gasteiger partial charge is 0.293 e. The van der Waals surface area contributed by atoms with Gasteiger partial charge in [-0.3, -0.25) is 14.9 Å². The standard InChI is InChI=1S/C13H17N3O4/c1-14-13(18)9-2-3-11(12(6-9)16(19)20)15-7-8-4-10(17)5-8/h2-3,6,8,10,15,17H,4-5,7H2,1H3,(H,14,18). The zero-order chi connectivity index (χ0) is 14.7. The van der Waals surface area contributed by atoms with E-state index in [1.165, 1.54) is 19.2 Å². The van der Waals surface area contributed by atoms with Gasteiger partial charge < -0.3 is 15.7 Å². The molecule has 0 radical (unpaired) electrons. The van der Waals surface area contributed by atoms with Crippen LogP contribution in [0.4, 0.5) is 11.4 Å². The topological polar surface area (TPSA) is 104 Å². The molecule has 0 aliphatic heterocycles. The van der Waals surface area contributed by atoms with E-state index in [2.05, 4.69) is 10.6 Å². The van der Waals surface area contributed by atoms with Crippen LogP contribution in [0.3, 0.4) is 0 Å². The highest BCUT2D eigenvalue weighted by atomic mass is 16.6. The summed E-state index contributed by atoms with van der Waals surface area (Å²) >= 11 is 0. The summed E-state index contributed by atoms with van der Waals surface area (Å²) in [5.41, 5.74) is 0.527. The molecule has 20 heavy (non-hydrogen) atoms. The molecule has 0 bridgehead atoms. The van der Waals surface area contributed by atoms with Crippen LogP contribution in [-0.2, 0) is 0 Å². The molecule has 0 unspecified atom stereocenters. The third-order valence-corrected chi connectivity index (χ3v) is 3.48. The van der Waals surface area contributed by atoms with Crippen LogP contribution in [0.25, 0.3) is 0 Å². The molecule has 1 aliphatic carbocycles. The number of nitrogens with zero attached hydrogens (tertiary/aromatic N) is 1. The minimum Gasteiger partial charge on any atom is -0.393 e. The quantitative estimate of drug-likeness (QED) is 0.553. The van der Waals surface area contributed by atoms with E-state index in [1.807, 2.05) is 0 Å². The van der Waals surface area contributed by atoms with Gasteiger partial charge in [0.1, 0.15) is 5.69 Å². The van der Waals surface area contributed by atoms with Gasteiger partial charge in [0.05, 0.1) is 11.0 Å². The second-order valence-corrected chi connectivity index (χ2v) is 4.94. The first kappa shape index (κ1) is 14.3. The van der Waals surface area contributed by atoms with Gasteiger partial charge in [-0.25, -0.2) is 0 Å². The van der Waals surface area contributed by atoms with E-state index < -0.39 is 4.92 Å². The van der Waals surface area contributed by atoms with Gasteiger partial charge in [-0.15, -0.1) is 0 Å². The van der Waals surface area contributed by atoms with E-state index in [0.717, 1.165) is 12.8 Å². The van der Waals surface area contributed by atoms with Crippen molar-refractivity contribution < 1.29 is 14.8 Å². The second-order valence-electron chi connectivity index (χ2n) is 4.94. The number of rotatable bonds is 5. The normalized spacial score (nSPS) is 20.9. The molecule has 1 aromatic carbocycles. The molecule has 0 saturated heterocycles. The van der Waals surface area contributed by atoms with Crippen LogP contribution < -0.4 is 10.6 Å². The van der Waals surface area contributed by atoms with Crippen LogP contribution in [-0.4, -0.2) is 35.6 Å². The zero-order valence-corrected chi connectivity index (χ0v) is 11.1. The molecular formula is C13H17N3O4. The fourth-order valence-electron chi connectivity index (χ4n) is 2.24. The number of nitro benzene ring substituents is 1. The third kappa shape index (κ3) is 3.05. The van der Waals surface area contributed by atoms with E-state index in [4.69, 9.17) is 0 Å². The van der Waals surface area contributed by atoms with Gasteiger partial charge in [-0.1, -0.05) is 0 Å². The summed E-state index contributed by atoms with van der Waals surface area (Å²) in [6.07, 6.45) is 1.20. The van der Waals surface area contributed by atoms with Crippen molar-refractivity contribution in [3.8, 4) is 0 Å². The molecule has 1 amide bonds. The SMILES string of the molecule is CNC(=O)c1ccc(NCC2CC(O)C2)c([N+](=O)[O-])c1. The molecule has 1 fully saturated rings. The van der Waals surface area contributed by atoms with Crippen LogP contribution in [0.2, 0.25) is 0 Å². The number of hydrogen-bond donors (Lipinski definition) is 3. The Hall–Kier alpha value is -2.15. The summed E-state index contributed by atoms with van der Waals surface area (Å²) in [6, 6.07) is 4.35. The molecule has 3 N–H and O–H groups in total. The van der Waals surface area contributed by atoms with Crippen molar-refractivity contribution >= 4 is 17.3 Å². The van der Waals surface area contributed by atoms with Crippen molar-refractivity contribution in [1.82, 2.24) is 5.32 Å². The number of amides is 1. The average molecular weight is 279 g/mol. The van der Waals surface area contributed by atoms with Crippen LogP contribution in [0.5, 0.6) is 0 Å². The minimum atomic E-state index is -0.510. The van der Waals surface area contributed by atoms with Crippen molar-refractivity contribution in [2.75, 3.05) is 18.9 Å². The number of aliphatic hydroxyl groups is 1. The highest BCUT2D eigenvalue weighted by Crippen LogP contribution is 2.30. The van der Waals surface area contributed by atoms with Gasteiger partial charge in [0.15, 0.2) is 0 Å². The Morgan fingerprint density at radius 2 is 2.20 bits per heavy atom. The summed E-state index contributed by atoms with van der Waals surface area (Å²) in [6.45, 7) is 0.581. The lowest BCUT2D eigenvalue weighted by molar-refractivity contribution is -0.384. The molecule has 0 heterocycles. The maximum absolute atomic E-state index is 11.5. The number of benzene rings is 1. The van der Waals surface area contributed by atoms with E-state index >= 15 is 0 Å². The van der Waals surface area contributed by atoms with Crippen molar-refractivity contribution in [2.45, 2.75) is 18.9 Å². The summed E-state index contributed by atoms with van der Waals surface area (Å²) in [4.78, 5) is 22.0. The maximum atomic E-state index is 11.5. The van der Waals surface area contributed by atoms with Crippen molar-refractivity contribution in [3.63, 3.8) is 0 Å². The first-order valence-electron chi connectivity index (χ1n) is 6.43. The second kappa shape index (κ2) is 5.87. The van der Waals surface area contributed by atoms with Gasteiger partial charge in [-0.05, 0) is 30.9 Å². The summed E-state index contributed by atoms with van der Waals surface area (Å²) < 4.78 is 0. The molecule has 0 spiro atoms. The Balaban J connectivity index is 2.11. The molecule has 7 heteroatoms. The van der Waals surface area contributed by atoms with Crippen LogP contribution in [0.15, 0.2) is 18.2 Å². The number of anilines is 1. The number of nitrogens with one attached hydrogen (secondary N) is 2. The molecule has 0 aromatic heterocycles. The molecule has 108 valence electrons. The highest BCUT2D eigenvalue weighted by molar-refractivity contribution is 5.95. The Morgan fingerprint density at radius 3 is 2.75 bits per heavy atom. The lowest BCUT2D eigenvalue weighted by Crippen LogP contribution is -2.33. The van der Waals surface area contributed by atoms with Gasteiger partial charge in [0.2, 0.25) is 0 Å². The molecule has 1 saturated carbocycles. The first-order chi connectivity index (χ1) is 9.51. The van der Waals surface area contributed by atoms with Crippen LogP contribution in [0, 0.1) is 16.0 Å². The summed E-state index contributed by atoms with van der Waals surface area (Å²) in [7, 11) is 1.47. The van der Waals surface area contributed by atoms with Gasteiger partial charge in [-0.2, -0.15) is 0 Å². The monoisotopic (exact) mass is 279 g/mol. The van der Waals surface area contributed by atoms with E-state index in [0.29, 0.717) is 18.2 Å². The van der Waals surface area contributed by atoms with Gasteiger partial charge in [0, 0.05) is 25.2 Å². The molecule has 1 aromatic rings. The van der Waals surface area contributed by atoms with Crippen molar-refractivity contribution in [1.29, 1.82) is 0 Å². The molecule has 1 aliphatic rings. The van der Waals surface area contributed by atoms with Crippen LogP contribution in [0.1, 0.15) is 23.2 Å². The Labute approximate surface area is 116 Å². The Morgan fingerprint density at radius 1 is 1.50 bits per heavy atom. The van der Waals surface area contributed by atoms with E-state index in [-0.39, 0.29) is 23.3 Å². The summed E-state index contributed by atoms with van der Waals surface area (Å²) in [5, 5.41) is 25.7. The van der Waals surface area contributed by atoms with Crippen LogP contribution >= 0.6 is 0 Å².